The minimum Gasteiger partial charge on any atom is -0.341 e. The third kappa shape index (κ3) is 6.05. The molecule has 0 aromatic heterocycles. The van der Waals surface area contributed by atoms with E-state index in [9.17, 15) is 0 Å². The molecule has 0 radical (unpaired) electrons. The number of rotatable bonds is 5. The fourth-order valence-electron chi connectivity index (χ4n) is 11.3. The Hall–Kier alpha value is -5.86. The summed E-state index contributed by atoms with van der Waals surface area (Å²) < 4.78 is 0. The predicted molar refractivity (Wildman–Crippen MR) is 251 cm³/mol. The largest absolute Gasteiger partial charge is 0.341 e. The van der Waals surface area contributed by atoms with Gasteiger partial charge in [-0.25, -0.2) is 0 Å². The van der Waals surface area contributed by atoms with E-state index >= 15 is 0 Å². The average molecular weight is 767 g/mol. The first kappa shape index (κ1) is 36.2. The normalized spacial score (nSPS) is 21.5. The van der Waals surface area contributed by atoms with Crippen LogP contribution < -0.4 is 4.90 Å². The van der Waals surface area contributed by atoms with Gasteiger partial charge in [-0.3, -0.25) is 0 Å². The van der Waals surface area contributed by atoms with Crippen LogP contribution in [0, 0.1) is 5.92 Å². The van der Waals surface area contributed by atoms with Gasteiger partial charge in [0.2, 0.25) is 0 Å². The monoisotopic (exact) mass is 766 g/mol. The summed E-state index contributed by atoms with van der Waals surface area (Å²) >= 11 is 0. The predicted octanol–water partition coefficient (Wildman–Crippen LogP) is 14.8. The van der Waals surface area contributed by atoms with Crippen molar-refractivity contribution < 1.29 is 0 Å². The lowest BCUT2D eigenvalue weighted by Crippen LogP contribution is -2.46. The number of anilines is 2. The molecule has 0 saturated carbocycles. The van der Waals surface area contributed by atoms with Gasteiger partial charge in [-0.1, -0.05) is 135 Å². The van der Waals surface area contributed by atoms with Gasteiger partial charge in [0.25, 0.3) is 0 Å². The molecular weight excluding hydrogens is 713 g/mol. The van der Waals surface area contributed by atoms with Crippen molar-refractivity contribution in [3.63, 3.8) is 0 Å². The van der Waals surface area contributed by atoms with Gasteiger partial charge in [0.05, 0.1) is 0 Å². The first-order chi connectivity index (χ1) is 28.7. The Kier molecular flexibility index (Phi) is 8.52. The first-order valence-electron chi connectivity index (χ1n) is 22.1. The molecule has 6 aromatic carbocycles. The Balaban J connectivity index is 0.873. The average Bonchev–Trinajstić information content (AvgIpc) is 3.49. The zero-order valence-corrected chi connectivity index (χ0v) is 35.0. The van der Waals surface area contributed by atoms with Gasteiger partial charge in [0, 0.05) is 40.8 Å². The Morgan fingerprint density at radius 1 is 0.712 bits per heavy atom. The quantitative estimate of drug-likeness (QED) is 0.161. The maximum Gasteiger partial charge on any atom is 0.0443 e. The van der Waals surface area contributed by atoms with E-state index in [4.69, 9.17) is 0 Å². The number of hydrogen-bond acceptors (Lipinski definition) is 2. The molecule has 0 amide bonds. The first-order valence-corrected chi connectivity index (χ1v) is 22.1. The zero-order chi connectivity index (χ0) is 39.9. The highest BCUT2D eigenvalue weighted by Crippen LogP contribution is 2.55. The Morgan fingerprint density at radius 3 is 2.46 bits per heavy atom. The molecule has 292 valence electrons. The topological polar surface area (TPSA) is 6.48 Å². The van der Waals surface area contributed by atoms with Crippen LogP contribution in [0.3, 0.4) is 0 Å². The van der Waals surface area contributed by atoms with E-state index in [0.29, 0.717) is 11.8 Å². The van der Waals surface area contributed by atoms with E-state index in [-0.39, 0.29) is 11.0 Å². The van der Waals surface area contributed by atoms with Crippen LogP contribution in [-0.2, 0) is 11.8 Å². The van der Waals surface area contributed by atoms with Crippen LogP contribution in [0.25, 0.3) is 44.8 Å². The highest BCUT2D eigenvalue weighted by atomic mass is 15.2. The highest BCUT2D eigenvalue weighted by Gasteiger charge is 2.46. The molecular formula is C57H54N2. The van der Waals surface area contributed by atoms with Crippen LogP contribution in [0.4, 0.5) is 11.4 Å². The lowest BCUT2D eigenvalue weighted by Gasteiger charge is -2.48. The van der Waals surface area contributed by atoms with Crippen LogP contribution in [-0.4, -0.2) is 17.0 Å². The standard InChI is InChI=1S/C57H54N2/c1-56(2)32-31-41-13-6-10-18-55(41)59(56)46-27-30-51-50-28-20-38(34-52(50)57(3,4)53(51)37-46)19-21-39-25-29-48(49-16-8-7-15-47(39)49)44-23-22-43-36-45(26-24-42(43)35-44)58-33-11-14-40-12-5-9-17-54(40)58/h5,7-10,12,15-30,34-37,51,53H,6,11,13-14,31-33H2,1-4H3/b21-19+. The van der Waals surface area contributed by atoms with E-state index in [2.05, 4.69) is 195 Å². The van der Waals surface area contributed by atoms with Gasteiger partial charge in [-0.2, -0.15) is 0 Å². The molecule has 0 N–H and O–H groups in total. The second kappa shape index (κ2) is 13.9. The summed E-state index contributed by atoms with van der Waals surface area (Å²) in [6.45, 7) is 10.9. The summed E-state index contributed by atoms with van der Waals surface area (Å²) in [5.41, 5.74) is 16.7. The van der Waals surface area contributed by atoms with Crippen molar-refractivity contribution >= 4 is 45.1 Å². The van der Waals surface area contributed by atoms with Gasteiger partial charge in [-0.05, 0) is 166 Å². The molecule has 0 fully saturated rings. The molecule has 2 atom stereocenters. The smallest absolute Gasteiger partial charge is 0.0443 e. The summed E-state index contributed by atoms with van der Waals surface area (Å²) in [6, 6.07) is 43.6. The summed E-state index contributed by atoms with van der Waals surface area (Å²) in [5, 5.41) is 5.12. The number of allylic oxidation sites excluding steroid dienone is 6. The molecule has 2 aliphatic heterocycles. The van der Waals surface area contributed by atoms with E-state index in [1.54, 1.807) is 5.57 Å². The maximum atomic E-state index is 2.67. The van der Waals surface area contributed by atoms with Crippen molar-refractivity contribution in [2.45, 2.75) is 83.1 Å². The Labute approximate surface area is 350 Å². The van der Waals surface area contributed by atoms with E-state index in [1.165, 1.54) is 115 Å². The summed E-state index contributed by atoms with van der Waals surface area (Å²) in [5.74, 6) is 0.831. The van der Waals surface area contributed by atoms with Crippen molar-refractivity contribution in [2.24, 2.45) is 5.92 Å². The zero-order valence-electron chi connectivity index (χ0n) is 35.0. The van der Waals surface area contributed by atoms with Crippen LogP contribution in [0.2, 0.25) is 0 Å². The molecule has 2 unspecified atom stereocenters. The number of fused-ring (bicyclic) bond motifs is 6. The Morgan fingerprint density at radius 2 is 1.54 bits per heavy atom. The number of para-hydroxylation sites is 1. The van der Waals surface area contributed by atoms with E-state index < -0.39 is 0 Å². The minimum atomic E-state index is 0.0220. The third-order valence-electron chi connectivity index (χ3n) is 14.5. The van der Waals surface area contributed by atoms with Crippen LogP contribution >= 0.6 is 0 Å². The molecule has 5 aliphatic rings. The number of benzene rings is 6. The minimum absolute atomic E-state index is 0.0220. The Bertz CT molecular complexity index is 2840. The van der Waals surface area contributed by atoms with Crippen molar-refractivity contribution in [3.8, 4) is 11.1 Å². The number of nitrogens with zero attached hydrogens (tertiary/aromatic N) is 2. The van der Waals surface area contributed by atoms with E-state index in [1.807, 2.05) is 0 Å². The molecule has 2 heterocycles. The van der Waals surface area contributed by atoms with Crippen LogP contribution in [0.15, 0.2) is 163 Å². The van der Waals surface area contributed by atoms with Crippen molar-refractivity contribution in [1.29, 1.82) is 0 Å². The summed E-state index contributed by atoms with van der Waals surface area (Å²) in [4.78, 5) is 5.16. The third-order valence-corrected chi connectivity index (χ3v) is 14.5. The van der Waals surface area contributed by atoms with Crippen LogP contribution in [0.1, 0.15) is 93.5 Å². The second-order valence-corrected chi connectivity index (χ2v) is 18.9. The van der Waals surface area contributed by atoms with E-state index in [0.717, 1.165) is 13.0 Å². The molecule has 59 heavy (non-hydrogen) atoms. The van der Waals surface area contributed by atoms with Gasteiger partial charge < -0.3 is 9.80 Å². The molecule has 11 rings (SSSR count). The van der Waals surface area contributed by atoms with Gasteiger partial charge in [0.15, 0.2) is 0 Å². The van der Waals surface area contributed by atoms with Crippen LogP contribution in [0.5, 0.6) is 0 Å². The summed E-state index contributed by atoms with van der Waals surface area (Å²) in [7, 11) is 0. The fourth-order valence-corrected chi connectivity index (χ4v) is 11.3. The van der Waals surface area contributed by atoms with Gasteiger partial charge in [0.1, 0.15) is 0 Å². The lowest BCUT2D eigenvalue weighted by atomic mass is 9.73. The molecule has 0 spiro atoms. The number of aryl methyl sites for hydroxylation is 1. The molecule has 0 bridgehead atoms. The fraction of sp³-hybridized carbons (Fsp3) is 0.263. The number of hydrogen-bond donors (Lipinski definition) is 0. The molecule has 0 saturated heterocycles. The van der Waals surface area contributed by atoms with Crippen molar-refractivity contribution in [3.05, 3.63) is 190 Å². The van der Waals surface area contributed by atoms with Crippen molar-refractivity contribution in [1.82, 2.24) is 4.90 Å². The summed E-state index contributed by atoms with van der Waals surface area (Å²) in [6.07, 6.45) is 24.1. The maximum absolute atomic E-state index is 2.67. The molecule has 3 aliphatic carbocycles. The molecule has 2 nitrogen and oxygen atoms in total. The highest BCUT2D eigenvalue weighted by molar-refractivity contribution is 6.03. The van der Waals surface area contributed by atoms with Crippen molar-refractivity contribution in [2.75, 3.05) is 11.4 Å². The van der Waals surface area contributed by atoms with Gasteiger partial charge >= 0.3 is 0 Å². The molecule has 6 aromatic rings. The SMILES string of the molecule is CC1(C)c2cc(/C=C/c3ccc(-c4ccc5cc(N6CCCc7ccccc76)ccc5c4)c4ccccc34)ccc2C2C=CC(N3C4=C(CCC=C4)CCC3(C)C)=CC21. The second-order valence-electron chi connectivity index (χ2n) is 18.9. The molecule has 2 heteroatoms. The lowest BCUT2D eigenvalue weighted by molar-refractivity contribution is 0.185. The van der Waals surface area contributed by atoms with Gasteiger partial charge in [-0.15, -0.1) is 0 Å².